The third-order valence-corrected chi connectivity index (χ3v) is 3.85. The molecule has 2 aliphatic rings. The van der Waals surface area contributed by atoms with E-state index >= 15 is 0 Å². The van der Waals surface area contributed by atoms with Crippen LogP contribution < -0.4 is 5.32 Å². The van der Waals surface area contributed by atoms with Crippen molar-refractivity contribution in [3.05, 3.63) is 29.4 Å². The van der Waals surface area contributed by atoms with E-state index in [4.69, 9.17) is 0 Å². The van der Waals surface area contributed by atoms with E-state index in [9.17, 15) is 0 Å². The van der Waals surface area contributed by atoms with Crippen molar-refractivity contribution >= 4 is 0 Å². The van der Waals surface area contributed by atoms with Gasteiger partial charge in [0.25, 0.3) is 0 Å². The summed E-state index contributed by atoms with van der Waals surface area (Å²) in [7, 11) is 0. The summed E-state index contributed by atoms with van der Waals surface area (Å²) in [5.74, 6) is 2.10. The van der Waals surface area contributed by atoms with Crippen LogP contribution in [0.5, 0.6) is 0 Å². The smallest absolute Gasteiger partial charge is 0.150 e. The number of rotatable bonds is 2. The Morgan fingerprint density at radius 3 is 3.06 bits per heavy atom. The predicted molar refractivity (Wildman–Crippen MR) is 64.9 cm³/mol. The second-order valence-corrected chi connectivity index (χ2v) is 5.17. The SMILES string of the molecule is Cc1nnc(C2Cc3nc[nH]c3CN2)n1C1CC1. The molecule has 6 nitrogen and oxygen atoms in total. The van der Waals surface area contributed by atoms with Crippen LogP contribution in [0.3, 0.4) is 0 Å². The summed E-state index contributed by atoms with van der Waals surface area (Å²) in [5.41, 5.74) is 2.35. The van der Waals surface area contributed by atoms with Crippen molar-refractivity contribution in [3.63, 3.8) is 0 Å². The molecule has 1 aliphatic carbocycles. The Morgan fingerprint density at radius 2 is 2.22 bits per heavy atom. The van der Waals surface area contributed by atoms with E-state index in [-0.39, 0.29) is 6.04 Å². The molecular weight excluding hydrogens is 228 g/mol. The highest BCUT2D eigenvalue weighted by Crippen LogP contribution is 2.38. The Bertz CT molecular complexity index is 579. The van der Waals surface area contributed by atoms with Gasteiger partial charge in [0.2, 0.25) is 0 Å². The van der Waals surface area contributed by atoms with E-state index in [1.54, 1.807) is 6.33 Å². The molecule has 0 spiro atoms. The van der Waals surface area contributed by atoms with Gasteiger partial charge in [-0.3, -0.25) is 0 Å². The summed E-state index contributed by atoms with van der Waals surface area (Å²) >= 11 is 0. The van der Waals surface area contributed by atoms with E-state index < -0.39 is 0 Å². The molecule has 0 bridgehead atoms. The van der Waals surface area contributed by atoms with Crippen LogP contribution in [0.1, 0.15) is 48.0 Å². The van der Waals surface area contributed by atoms with Crippen LogP contribution in [0.25, 0.3) is 0 Å². The van der Waals surface area contributed by atoms with Gasteiger partial charge in [-0.25, -0.2) is 4.98 Å². The zero-order valence-corrected chi connectivity index (χ0v) is 10.3. The Hall–Kier alpha value is -1.69. The van der Waals surface area contributed by atoms with E-state index in [1.165, 1.54) is 18.5 Å². The van der Waals surface area contributed by atoms with Crippen molar-refractivity contribution in [3.8, 4) is 0 Å². The molecule has 1 atom stereocenters. The Kier molecular flexibility index (Phi) is 2.08. The molecule has 0 aromatic carbocycles. The van der Waals surface area contributed by atoms with Crippen LogP contribution in [-0.4, -0.2) is 24.7 Å². The highest BCUT2D eigenvalue weighted by molar-refractivity contribution is 5.19. The van der Waals surface area contributed by atoms with Gasteiger partial charge in [-0.15, -0.1) is 10.2 Å². The zero-order valence-electron chi connectivity index (χ0n) is 10.3. The maximum Gasteiger partial charge on any atom is 0.150 e. The first kappa shape index (κ1) is 10.3. The Morgan fingerprint density at radius 1 is 1.33 bits per heavy atom. The molecule has 4 rings (SSSR count). The molecule has 1 fully saturated rings. The van der Waals surface area contributed by atoms with Crippen LogP contribution in [0.4, 0.5) is 0 Å². The largest absolute Gasteiger partial charge is 0.347 e. The summed E-state index contributed by atoms with van der Waals surface area (Å²) in [6.07, 6.45) is 5.17. The molecule has 1 saturated carbocycles. The van der Waals surface area contributed by atoms with Gasteiger partial charge in [-0.05, 0) is 19.8 Å². The van der Waals surface area contributed by atoms with Crippen LogP contribution in [0.2, 0.25) is 0 Å². The summed E-state index contributed by atoms with van der Waals surface area (Å²) in [4.78, 5) is 7.54. The minimum absolute atomic E-state index is 0.239. The number of fused-ring (bicyclic) bond motifs is 1. The minimum atomic E-state index is 0.239. The first-order chi connectivity index (χ1) is 8.83. The summed E-state index contributed by atoms with van der Waals surface area (Å²) in [6, 6.07) is 0.861. The Balaban J connectivity index is 1.68. The van der Waals surface area contributed by atoms with Gasteiger partial charge in [0.15, 0.2) is 5.82 Å². The fraction of sp³-hybridized carbons (Fsp3) is 0.583. The number of imidazole rings is 1. The van der Waals surface area contributed by atoms with Crippen molar-refractivity contribution in [1.82, 2.24) is 30.0 Å². The van der Waals surface area contributed by atoms with Crippen LogP contribution in [-0.2, 0) is 13.0 Å². The molecule has 0 saturated heterocycles. The van der Waals surface area contributed by atoms with Crippen LogP contribution in [0.15, 0.2) is 6.33 Å². The first-order valence-corrected chi connectivity index (χ1v) is 6.49. The third kappa shape index (κ3) is 1.49. The number of aromatic amines is 1. The van der Waals surface area contributed by atoms with Crippen LogP contribution in [0, 0.1) is 6.92 Å². The number of hydrogen-bond acceptors (Lipinski definition) is 4. The second-order valence-electron chi connectivity index (χ2n) is 5.17. The van der Waals surface area contributed by atoms with Gasteiger partial charge in [-0.2, -0.15) is 0 Å². The zero-order chi connectivity index (χ0) is 12.1. The van der Waals surface area contributed by atoms with Crippen molar-refractivity contribution in [2.75, 3.05) is 0 Å². The fourth-order valence-corrected chi connectivity index (χ4v) is 2.76. The van der Waals surface area contributed by atoms with E-state index in [0.29, 0.717) is 6.04 Å². The number of nitrogens with zero attached hydrogens (tertiary/aromatic N) is 4. The maximum absolute atomic E-state index is 4.38. The molecule has 1 unspecified atom stereocenters. The second kappa shape index (κ2) is 3.65. The number of nitrogens with one attached hydrogen (secondary N) is 2. The summed E-state index contributed by atoms with van der Waals surface area (Å²) in [6.45, 7) is 2.87. The van der Waals surface area contributed by atoms with Crippen molar-refractivity contribution in [1.29, 1.82) is 0 Å². The van der Waals surface area contributed by atoms with Crippen molar-refractivity contribution in [2.45, 2.75) is 44.8 Å². The molecule has 94 valence electrons. The third-order valence-electron chi connectivity index (χ3n) is 3.85. The highest BCUT2D eigenvalue weighted by atomic mass is 15.3. The minimum Gasteiger partial charge on any atom is -0.347 e. The van der Waals surface area contributed by atoms with Gasteiger partial charge < -0.3 is 14.9 Å². The van der Waals surface area contributed by atoms with Gasteiger partial charge >= 0.3 is 0 Å². The van der Waals surface area contributed by atoms with Crippen molar-refractivity contribution in [2.24, 2.45) is 0 Å². The lowest BCUT2D eigenvalue weighted by Crippen LogP contribution is -2.31. The number of H-pyrrole nitrogens is 1. The van der Waals surface area contributed by atoms with Gasteiger partial charge in [0.05, 0.1) is 23.8 Å². The Labute approximate surface area is 105 Å². The molecule has 3 heterocycles. The van der Waals surface area contributed by atoms with E-state index in [1.807, 2.05) is 6.92 Å². The molecule has 0 radical (unpaired) electrons. The van der Waals surface area contributed by atoms with Gasteiger partial charge in [0, 0.05) is 19.0 Å². The number of aryl methyl sites for hydroxylation is 1. The predicted octanol–water partition coefficient (Wildman–Crippen LogP) is 1.03. The lowest BCUT2D eigenvalue weighted by molar-refractivity contribution is 0.445. The standard InChI is InChI=1S/C12H16N6/c1-7-16-17-12(18(7)8-2-3-8)10-4-9-11(5-13-10)15-6-14-9/h6,8,10,13H,2-5H2,1H3,(H,14,15). The topological polar surface area (TPSA) is 71.4 Å². The normalized spacial score (nSPS) is 23.1. The monoisotopic (exact) mass is 244 g/mol. The van der Waals surface area contributed by atoms with Gasteiger partial charge in [0.1, 0.15) is 5.82 Å². The molecule has 2 N–H and O–H groups in total. The van der Waals surface area contributed by atoms with Crippen molar-refractivity contribution < 1.29 is 0 Å². The molecule has 2 aromatic heterocycles. The molecular formula is C12H16N6. The van der Waals surface area contributed by atoms with E-state index in [2.05, 4.69) is 30.0 Å². The summed E-state index contributed by atoms with van der Waals surface area (Å²) < 4.78 is 2.30. The average Bonchev–Trinajstić information content (AvgIpc) is 2.98. The van der Waals surface area contributed by atoms with Crippen LogP contribution >= 0.6 is 0 Å². The molecule has 0 amide bonds. The quantitative estimate of drug-likeness (QED) is 0.827. The molecule has 6 heteroatoms. The number of aromatic nitrogens is 5. The lowest BCUT2D eigenvalue weighted by Gasteiger charge is -2.23. The van der Waals surface area contributed by atoms with E-state index in [0.717, 1.165) is 30.3 Å². The highest BCUT2D eigenvalue weighted by Gasteiger charge is 2.32. The first-order valence-electron chi connectivity index (χ1n) is 6.49. The summed E-state index contributed by atoms with van der Waals surface area (Å²) in [5, 5.41) is 12.1. The maximum atomic E-state index is 4.38. The lowest BCUT2D eigenvalue weighted by atomic mass is 10.0. The van der Waals surface area contributed by atoms with Gasteiger partial charge in [-0.1, -0.05) is 0 Å². The molecule has 2 aromatic rings. The average molecular weight is 244 g/mol. The molecule has 18 heavy (non-hydrogen) atoms. The molecule has 1 aliphatic heterocycles. The fourth-order valence-electron chi connectivity index (χ4n) is 2.76. The number of hydrogen-bond donors (Lipinski definition) is 2.